The maximum Gasteiger partial charge on any atom is 0.319 e. The van der Waals surface area contributed by atoms with Crippen molar-refractivity contribution in [1.29, 1.82) is 0 Å². The number of urea groups is 1. The third-order valence-corrected chi connectivity index (χ3v) is 8.88. The molecule has 0 saturated heterocycles. The number of hydrogen-bond acceptors (Lipinski definition) is 5. The van der Waals surface area contributed by atoms with Crippen LogP contribution in [0.15, 0.2) is 83.9 Å². The molecule has 1 aromatic heterocycles. The van der Waals surface area contributed by atoms with Gasteiger partial charge in [-0.15, -0.1) is 0 Å². The van der Waals surface area contributed by atoms with Crippen LogP contribution in [0.1, 0.15) is 49.8 Å². The van der Waals surface area contributed by atoms with Crippen molar-refractivity contribution in [2.24, 2.45) is 5.73 Å². The molecule has 4 rings (SSSR count). The lowest BCUT2D eigenvalue weighted by molar-refractivity contribution is 0.178. The fourth-order valence-electron chi connectivity index (χ4n) is 4.82. The van der Waals surface area contributed by atoms with E-state index in [-0.39, 0.29) is 30.4 Å². The van der Waals surface area contributed by atoms with Gasteiger partial charge in [0.1, 0.15) is 0 Å². The molecule has 0 aliphatic heterocycles. The van der Waals surface area contributed by atoms with Crippen LogP contribution in [0.4, 0.5) is 16.2 Å². The van der Waals surface area contributed by atoms with Gasteiger partial charge in [0.25, 0.3) is 10.0 Å². The maximum absolute atomic E-state index is 14.0. The molecule has 1 heterocycles. The van der Waals surface area contributed by atoms with Crippen molar-refractivity contribution >= 4 is 38.3 Å². The van der Waals surface area contributed by atoms with E-state index in [0.717, 1.165) is 36.6 Å². The summed E-state index contributed by atoms with van der Waals surface area (Å²) in [5.41, 5.74) is 8.72. The first-order valence-corrected chi connectivity index (χ1v) is 15.5. The maximum atomic E-state index is 14.0. The van der Waals surface area contributed by atoms with E-state index in [4.69, 9.17) is 5.73 Å². The van der Waals surface area contributed by atoms with Crippen molar-refractivity contribution in [3.63, 3.8) is 0 Å². The fourth-order valence-corrected chi connectivity index (χ4v) is 6.52. The van der Waals surface area contributed by atoms with E-state index in [2.05, 4.69) is 22.5 Å². The Morgan fingerprint density at radius 2 is 1.83 bits per heavy atom. The zero-order chi connectivity index (χ0) is 29.2. The number of fused-ring (bicyclic) bond motifs is 1. The zero-order valence-corrected chi connectivity index (χ0v) is 24.2. The Hall–Kier alpha value is -3.86. The summed E-state index contributed by atoms with van der Waals surface area (Å²) in [5.74, 6) is 0. The van der Waals surface area contributed by atoms with E-state index in [1.807, 2.05) is 36.5 Å². The van der Waals surface area contributed by atoms with E-state index in [0.29, 0.717) is 29.0 Å². The molecular formula is C31H39N5O4S. The molecule has 0 aliphatic rings. The molecule has 0 aliphatic carbocycles. The van der Waals surface area contributed by atoms with Crippen LogP contribution in [0.2, 0.25) is 0 Å². The smallest absolute Gasteiger partial charge is 0.319 e. The van der Waals surface area contributed by atoms with E-state index in [1.54, 1.807) is 36.4 Å². The molecule has 4 aromatic rings. The summed E-state index contributed by atoms with van der Waals surface area (Å²) in [4.78, 5) is 15.7. The lowest BCUT2D eigenvalue weighted by Gasteiger charge is -2.26. The van der Waals surface area contributed by atoms with Gasteiger partial charge in [-0.25, -0.2) is 13.2 Å². The number of hydrogen-bond donors (Lipinski definition) is 5. The number of aliphatic hydroxyl groups is 1. The quantitative estimate of drug-likeness (QED) is 0.129. The Morgan fingerprint density at radius 1 is 1.02 bits per heavy atom. The molecule has 0 spiro atoms. The third-order valence-electron chi connectivity index (χ3n) is 6.95. The minimum atomic E-state index is -4.06. The van der Waals surface area contributed by atoms with E-state index >= 15 is 0 Å². The number of sulfonamides is 1. The number of nitrogens with one attached hydrogen (secondary N) is 3. The molecule has 10 heteroatoms. The van der Waals surface area contributed by atoms with Gasteiger partial charge in [0.2, 0.25) is 0 Å². The number of para-hydroxylation sites is 1. The van der Waals surface area contributed by atoms with Gasteiger partial charge in [-0.3, -0.25) is 4.31 Å². The molecule has 0 saturated carbocycles. The first kappa shape index (κ1) is 30.1. The predicted octanol–water partition coefficient (Wildman–Crippen LogP) is 5.30. The van der Waals surface area contributed by atoms with Crippen molar-refractivity contribution < 1.29 is 18.3 Å². The Labute approximate surface area is 241 Å². The van der Waals surface area contributed by atoms with Crippen LogP contribution in [-0.2, 0) is 16.4 Å². The molecular weight excluding hydrogens is 538 g/mol. The number of anilines is 2. The molecule has 2 amide bonds. The highest BCUT2D eigenvalue weighted by Gasteiger charge is 2.28. The summed E-state index contributed by atoms with van der Waals surface area (Å²) in [6.45, 7) is 2.89. The fraction of sp³-hybridized carbons (Fsp3) is 0.323. The van der Waals surface area contributed by atoms with Gasteiger partial charge in [-0.1, -0.05) is 50.5 Å². The summed E-state index contributed by atoms with van der Waals surface area (Å²) in [6.07, 6.45) is 5.02. The number of unbranched alkanes of at least 4 members (excludes halogenated alkanes) is 3. The van der Waals surface area contributed by atoms with Crippen LogP contribution in [0.25, 0.3) is 10.9 Å². The van der Waals surface area contributed by atoms with Gasteiger partial charge in [0.05, 0.1) is 16.7 Å². The minimum absolute atomic E-state index is 0.0178. The summed E-state index contributed by atoms with van der Waals surface area (Å²) < 4.78 is 29.4. The molecule has 1 atom stereocenters. The van der Waals surface area contributed by atoms with Crippen molar-refractivity contribution in [1.82, 2.24) is 10.3 Å². The molecule has 218 valence electrons. The monoisotopic (exact) mass is 577 g/mol. The van der Waals surface area contributed by atoms with Gasteiger partial charge < -0.3 is 26.5 Å². The number of aromatic amines is 1. The summed E-state index contributed by atoms with van der Waals surface area (Å²) >= 11 is 0. The number of H-pyrrole nitrogens is 1. The SMILES string of the molecule is CCCCCCNC(=O)Nc1ccc(S(=O)(=O)N(CCN)c2ccccc2)c(CC(O)c2ccc3[nH]ccc3c2)c1. The molecule has 0 radical (unpaired) electrons. The van der Waals surface area contributed by atoms with Crippen LogP contribution in [0.5, 0.6) is 0 Å². The van der Waals surface area contributed by atoms with E-state index < -0.39 is 16.1 Å². The number of amides is 2. The van der Waals surface area contributed by atoms with Gasteiger partial charge in [-0.2, -0.15) is 0 Å². The number of aliphatic hydroxyl groups excluding tert-OH is 1. The third kappa shape index (κ3) is 7.66. The van der Waals surface area contributed by atoms with E-state index in [9.17, 15) is 18.3 Å². The van der Waals surface area contributed by atoms with Gasteiger partial charge in [0.15, 0.2) is 0 Å². The predicted molar refractivity (Wildman–Crippen MR) is 165 cm³/mol. The number of carbonyl (C=O) groups is 1. The van der Waals surface area contributed by atoms with Crippen LogP contribution in [-0.4, -0.2) is 44.2 Å². The largest absolute Gasteiger partial charge is 0.388 e. The number of aromatic nitrogens is 1. The Kier molecular flexibility index (Phi) is 10.4. The molecule has 0 fully saturated rings. The van der Waals surface area contributed by atoms with Crippen LogP contribution in [0, 0.1) is 0 Å². The lowest BCUT2D eigenvalue weighted by Crippen LogP contribution is -2.36. The Bertz CT molecular complexity index is 1540. The summed E-state index contributed by atoms with van der Waals surface area (Å²) in [5, 5.41) is 17.8. The average Bonchev–Trinajstić information content (AvgIpc) is 3.44. The highest BCUT2D eigenvalue weighted by molar-refractivity contribution is 7.92. The van der Waals surface area contributed by atoms with Crippen LogP contribution in [0.3, 0.4) is 0 Å². The second kappa shape index (κ2) is 14.2. The first-order chi connectivity index (χ1) is 19.8. The van der Waals surface area contributed by atoms with Crippen molar-refractivity contribution in [2.45, 2.75) is 50.0 Å². The van der Waals surface area contributed by atoms with Crippen molar-refractivity contribution in [3.8, 4) is 0 Å². The minimum Gasteiger partial charge on any atom is -0.388 e. The lowest BCUT2D eigenvalue weighted by atomic mass is 10.00. The molecule has 41 heavy (non-hydrogen) atoms. The summed E-state index contributed by atoms with van der Waals surface area (Å²) in [6, 6.07) is 20.6. The number of nitrogens with two attached hydrogens (primary N) is 1. The highest BCUT2D eigenvalue weighted by atomic mass is 32.2. The topological polar surface area (TPSA) is 141 Å². The molecule has 9 nitrogen and oxygen atoms in total. The van der Waals surface area contributed by atoms with Crippen molar-refractivity contribution in [3.05, 3.63) is 90.1 Å². The first-order valence-electron chi connectivity index (χ1n) is 14.0. The molecule has 0 bridgehead atoms. The standard InChI is InChI=1S/C31H39N5O4S/c1-2-3-4-8-17-34-31(38)35-26-12-14-30(41(39,40)36(19-16-32)27-9-6-5-7-10-27)25(21-26)22-29(37)24-11-13-28-23(20-24)15-18-33-28/h5-7,9-15,18,20-21,29,33,37H,2-4,8,16-17,19,22,32H2,1H3,(H2,34,35,38). The molecule has 6 N–H and O–H groups in total. The zero-order valence-electron chi connectivity index (χ0n) is 23.3. The summed E-state index contributed by atoms with van der Waals surface area (Å²) in [7, 11) is -4.06. The molecule has 3 aromatic carbocycles. The second-order valence-electron chi connectivity index (χ2n) is 10.0. The van der Waals surface area contributed by atoms with Gasteiger partial charge >= 0.3 is 6.03 Å². The average molecular weight is 578 g/mol. The van der Waals surface area contributed by atoms with Crippen LogP contribution < -0.4 is 20.7 Å². The highest BCUT2D eigenvalue weighted by Crippen LogP contribution is 2.31. The number of carbonyl (C=O) groups excluding carboxylic acids is 1. The number of benzene rings is 3. The Balaban J connectivity index is 1.65. The van der Waals surface area contributed by atoms with Crippen LogP contribution >= 0.6 is 0 Å². The van der Waals surface area contributed by atoms with Gasteiger partial charge in [-0.05, 0) is 71.5 Å². The normalized spacial score (nSPS) is 12.3. The van der Waals surface area contributed by atoms with E-state index in [1.165, 1.54) is 10.4 Å². The van der Waals surface area contributed by atoms with Gasteiger partial charge in [0, 0.05) is 43.5 Å². The number of rotatable bonds is 14. The second-order valence-corrected chi connectivity index (χ2v) is 11.8. The Morgan fingerprint density at radius 3 is 2.59 bits per heavy atom. The number of nitrogens with zero attached hydrogens (tertiary/aromatic N) is 1. The van der Waals surface area contributed by atoms with Crippen molar-refractivity contribution in [2.75, 3.05) is 29.3 Å². The molecule has 1 unspecified atom stereocenters.